The van der Waals surface area contributed by atoms with E-state index >= 15 is 0 Å². The second-order valence-electron chi connectivity index (χ2n) is 4.26. The fourth-order valence-electron chi connectivity index (χ4n) is 1.82. The van der Waals surface area contributed by atoms with E-state index in [1.54, 1.807) is 19.4 Å². The Hall–Kier alpha value is -2.62. The average molecular weight is 268 g/mol. The van der Waals surface area contributed by atoms with Crippen LogP contribution < -0.4 is 10.2 Å². The Bertz CT molecular complexity index is 636. The lowest BCUT2D eigenvalue weighted by molar-refractivity contribution is 0.0954. The van der Waals surface area contributed by atoms with Crippen LogP contribution in [0.1, 0.15) is 21.5 Å². The molecule has 0 radical (unpaired) electrons. The molecule has 2 aromatic carbocycles. The first-order chi connectivity index (χ1) is 9.72. The molecule has 1 N–H and O–H groups in total. The summed E-state index contributed by atoms with van der Waals surface area (Å²) in [5.74, 6) is 0.482. The first-order valence-electron chi connectivity index (χ1n) is 6.24. The monoisotopic (exact) mass is 268 g/mol. The van der Waals surface area contributed by atoms with Gasteiger partial charge >= 0.3 is 0 Å². The molecule has 2 aromatic rings. The Kier molecular flexibility index (Phi) is 4.50. The Morgan fingerprint density at radius 2 is 1.85 bits per heavy atom. The van der Waals surface area contributed by atoms with Crippen LogP contribution >= 0.6 is 0 Å². The minimum atomic E-state index is -0.228. The third-order valence-corrected chi connectivity index (χ3v) is 2.90. The molecular weight excluding hydrogens is 252 g/mol. The van der Waals surface area contributed by atoms with E-state index in [2.05, 4.69) is 10.5 Å². The highest BCUT2D eigenvalue weighted by Gasteiger charge is 2.06. The topological polar surface area (TPSA) is 50.7 Å². The molecule has 0 bridgehead atoms. The van der Waals surface area contributed by atoms with Crippen molar-refractivity contribution < 1.29 is 9.53 Å². The number of hydrogen-bond donors (Lipinski definition) is 1. The number of nitrogens with one attached hydrogen (secondary N) is 1. The predicted octanol–water partition coefficient (Wildman–Crippen LogP) is 2.77. The summed E-state index contributed by atoms with van der Waals surface area (Å²) in [6.07, 6.45) is 1.56. The molecule has 0 aromatic heterocycles. The lowest BCUT2D eigenvalue weighted by Crippen LogP contribution is -2.18. The third-order valence-electron chi connectivity index (χ3n) is 2.90. The van der Waals surface area contributed by atoms with Gasteiger partial charge in [0, 0.05) is 11.1 Å². The first kappa shape index (κ1) is 13.8. The van der Waals surface area contributed by atoms with Crippen LogP contribution in [-0.2, 0) is 0 Å². The number of rotatable bonds is 4. The maximum Gasteiger partial charge on any atom is 0.271 e. The standard InChI is InChI=1S/C16H16N2O2/c1-12-7-3-5-9-14(12)16(19)18-17-11-13-8-4-6-10-15(13)20-2/h3-11H,1-2H3,(H,18,19)/b17-11+. The molecule has 0 aliphatic heterocycles. The van der Waals surface area contributed by atoms with Crippen molar-refractivity contribution in [2.24, 2.45) is 5.10 Å². The third kappa shape index (κ3) is 3.23. The fourth-order valence-corrected chi connectivity index (χ4v) is 1.82. The summed E-state index contributed by atoms with van der Waals surface area (Å²) < 4.78 is 5.20. The summed E-state index contributed by atoms with van der Waals surface area (Å²) in [4.78, 5) is 12.0. The van der Waals surface area contributed by atoms with Crippen molar-refractivity contribution in [3.05, 3.63) is 65.2 Å². The molecule has 1 amide bonds. The number of carbonyl (C=O) groups is 1. The van der Waals surface area contributed by atoms with Crippen molar-refractivity contribution >= 4 is 12.1 Å². The molecule has 0 saturated carbocycles. The highest BCUT2D eigenvalue weighted by atomic mass is 16.5. The summed E-state index contributed by atoms with van der Waals surface area (Å²) >= 11 is 0. The average Bonchev–Trinajstić information content (AvgIpc) is 2.48. The number of methoxy groups -OCH3 is 1. The van der Waals surface area contributed by atoms with Crippen molar-refractivity contribution in [3.8, 4) is 5.75 Å². The van der Waals surface area contributed by atoms with Gasteiger partial charge in [-0.3, -0.25) is 4.79 Å². The summed E-state index contributed by atoms with van der Waals surface area (Å²) in [5.41, 5.74) is 4.85. The molecule has 20 heavy (non-hydrogen) atoms. The van der Waals surface area contributed by atoms with E-state index in [-0.39, 0.29) is 5.91 Å². The Morgan fingerprint density at radius 1 is 1.15 bits per heavy atom. The lowest BCUT2D eigenvalue weighted by Gasteiger charge is -2.04. The van der Waals surface area contributed by atoms with E-state index in [0.29, 0.717) is 11.3 Å². The maximum absolute atomic E-state index is 12.0. The zero-order valence-electron chi connectivity index (χ0n) is 11.5. The summed E-state index contributed by atoms with van der Waals surface area (Å²) in [5, 5.41) is 3.96. The molecule has 0 saturated heterocycles. The lowest BCUT2D eigenvalue weighted by atomic mass is 10.1. The number of carbonyl (C=O) groups excluding carboxylic acids is 1. The summed E-state index contributed by atoms with van der Waals surface area (Å²) in [7, 11) is 1.60. The van der Waals surface area contributed by atoms with Gasteiger partial charge in [-0.15, -0.1) is 0 Å². The van der Waals surface area contributed by atoms with Crippen LogP contribution in [0.3, 0.4) is 0 Å². The second kappa shape index (κ2) is 6.52. The molecule has 102 valence electrons. The summed E-state index contributed by atoms with van der Waals surface area (Å²) in [6.45, 7) is 1.89. The number of para-hydroxylation sites is 1. The van der Waals surface area contributed by atoms with Crippen LogP contribution in [0.4, 0.5) is 0 Å². The quantitative estimate of drug-likeness (QED) is 0.684. The zero-order chi connectivity index (χ0) is 14.4. The van der Waals surface area contributed by atoms with Gasteiger partial charge in [0.25, 0.3) is 5.91 Å². The number of aryl methyl sites for hydroxylation is 1. The Morgan fingerprint density at radius 3 is 2.60 bits per heavy atom. The highest BCUT2D eigenvalue weighted by Crippen LogP contribution is 2.14. The molecular formula is C16H16N2O2. The number of amides is 1. The van der Waals surface area contributed by atoms with E-state index < -0.39 is 0 Å². The molecule has 0 aliphatic carbocycles. The largest absolute Gasteiger partial charge is 0.496 e. The Labute approximate surface area is 118 Å². The van der Waals surface area contributed by atoms with Crippen LogP contribution in [0, 0.1) is 6.92 Å². The van der Waals surface area contributed by atoms with Crippen molar-refractivity contribution in [1.29, 1.82) is 0 Å². The van der Waals surface area contributed by atoms with Crippen molar-refractivity contribution in [2.75, 3.05) is 7.11 Å². The number of nitrogens with zero attached hydrogens (tertiary/aromatic N) is 1. The maximum atomic E-state index is 12.0. The number of benzene rings is 2. The van der Waals surface area contributed by atoms with Gasteiger partial charge in [-0.2, -0.15) is 5.10 Å². The predicted molar refractivity (Wildman–Crippen MR) is 79.2 cm³/mol. The van der Waals surface area contributed by atoms with Gasteiger partial charge < -0.3 is 4.74 Å². The van der Waals surface area contributed by atoms with Crippen molar-refractivity contribution in [3.63, 3.8) is 0 Å². The van der Waals surface area contributed by atoms with Crippen LogP contribution in [0.5, 0.6) is 5.75 Å². The molecule has 2 rings (SSSR count). The van der Waals surface area contributed by atoms with Crippen LogP contribution in [0.15, 0.2) is 53.6 Å². The molecule has 0 aliphatic rings. The van der Waals surface area contributed by atoms with Crippen LogP contribution in [0.25, 0.3) is 0 Å². The van der Waals surface area contributed by atoms with Crippen molar-refractivity contribution in [1.82, 2.24) is 5.43 Å². The van der Waals surface area contributed by atoms with E-state index in [4.69, 9.17) is 4.74 Å². The Balaban J connectivity index is 2.07. The number of ether oxygens (including phenoxy) is 1. The molecule has 0 spiro atoms. The van der Waals surface area contributed by atoms with Gasteiger partial charge in [-0.05, 0) is 30.7 Å². The second-order valence-corrected chi connectivity index (χ2v) is 4.26. The number of hydrogen-bond acceptors (Lipinski definition) is 3. The van der Waals surface area contributed by atoms with E-state index in [0.717, 1.165) is 11.1 Å². The fraction of sp³-hybridized carbons (Fsp3) is 0.125. The minimum absolute atomic E-state index is 0.228. The van der Waals surface area contributed by atoms with E-state index in [9.17, 15) is 4.79 Å². The normalized spacial score (nSPS) is 10.5. The van der Waals surface area contributed by atoms with Crippen LogP contribution in [-0.4, -0.2) is 19.2 Å². The molecule has 0 atom stereocenters. The number of hydrazone groups is 1. The SMILES string of the molecule is COc1ccccc1/C=N/NC(=O)c1ccccc1C. The highest BCUT2D eigenvalue weighted by molar-refractivity contribution is 5.96. The molecule has 0 fully saturated rings. The van der Waals surface area contributed by atoms with Gasteiger partial charge in [-0.1, -0.05) is 30.3 Å². The minimum Gasteiger partial charge on any atom is -0.496 e. The molecule has 4 nitrogen and oxygen atoms in total. The van der Waals surface area contributed by atoms with Gasteiger partial charge in [0.05, 0.1) is 13.3 Å². The first-order valence-corrected chi connectivity index (χ1v) is 6.24. The smallest absolute Gasteiger partial charge is 0.271 e. The molecule has 0 unspecified atom stereocenters. The zero-order valence-corrected chi connectivity index (χ0v) is 11.5. The van der Waals surface area contributed by atoms with Gasteiger partial charge in [0.2, 0.25) is 0 Å². The van der Waals surface area contributed by atoms with Crippen LogP contribution in [0.2, 0.25) is 0 Å². The van der Waals surface area contributed by atoms with Crippen molar-refractivity contribution in [2.45, 2.75) is 6.92 Å². The van der Waals surface area contributed by atoms with Gasteiger partial charge in [-0.25, -0.2) is 5.43 Å². The van der Waals surface area contributed by atoms with Gasteiger partial charge in [0.1, 0.15) is 5.75 Å². The van der Waals surface area contributed by atoms with E-state index in [1.165, 1.54) is 0 Å². The molecule has 0 heterocycles. The van der Waals surface area contributed by atoms with E-state index in [1.807, 2.05) is 49.4 Å². The summed E-state index contributed by atoms with van der Waals surface area (Å²) in [6, 6.07) is 14.8. The molecule has 4 heteroatoms. The van der Waals surface area contributed by atoms with Gasteiger partial charge in [0.15, 0.2) is 0 Å².